The molecule has 2 saturated carbocycles. The van der Waals surface area contributed by atoms with Crippen molar-refractivity contribution < 1.29 is 38.1 Å². The number of thiazole rings is 1. The number of likely N-dealkylation sites (tertiary alicyclic amines) is 1. The van der Waals surface area contributed by atoms with Gasteiger partial charge in [0, 0.05) is 34.7 Å². The van der Waals surface area contributed by atoms with Crippen LogP contribution >= 0.6 is 23.1 Å². The van der Waals surface area contributed by atoms with Crippen molar-refractivity contribution in [3.63, 3.8) is 0 Å². The summed E-state index contributed by atoms with van der Waals surface area (Å²) in [5.74, 6) is -2.81. The SMILES string of the molecule is COc1cc([C@H]2c3sc(=O)[nH]c3SC3C4CC(C5C(=O)N(CCCC(=O)O)C(=O)C45)C32)ccc1OCC(=O)Nc1ccc(F)cc1. The zero-order chi connectivity index (χ0) is 32.3. The van der Waals surface area contributed by atoms with Gasteiger partial charge in [0.15, 0.2) is 18.1 Å². The smallest absolute Gasteiger partial charge is 0.305 e. The number of hydrogen-bond donors (Lipinski definition) is 3. The molecule has 1 saturated heterocycles. The number of halogens is 1. The number of hydrogen-bond acceptors (Lipinski definition) is 9. The van der Waals surface area contributed by atoms with E-state index in [4.69, 9.17) is 14.6 Å². The van der Waals surface area contributed by atoms with Gasteiger partial charge in [0.25, 0.3) is 5.91 Å². The maximum atomic E-state index is 13.6. The van der Waals surface area contributed by atoms with E-state index in [0.717, 1.165) is 33.2 Å². The van der Waals surface area contributed by atoms with Crippen molar-refractivity contribution in [1.82, 2.24) is 9.88 Å². The van der Waals surface area contributed by atoms with Crippen LogP contribution in [0.15, 0.2) is 52.3 Å². The van der Waals surface area contributed by atoms with Gasteiger partial charge in [0.1, 0.15) is 5.82 Å². The summed E-state index contributed by atoms with van der Waals surface area (Å²) in [4.78, 5) is 68.2. The Balaban J connectivity index is 1.15. The molecule has 46 heavy (non-hydrogen) atoms. The second-order valence-electron chi connectivity index (χ2n) is 12.0. The number of methoxy groups -OCH3 is 1. The van der Waals surface area contributed by atoms with E-state index in [1.165, 1.54) is 36.3 Å². The molecule has 14 heteroatoms. The van der Waals surface area contributed by atoms with Crippen LogP contribution in [0, 0.1) is 35.4 Å². The highest BCUT2D eigenvalue weighted by molar-refractivity contribution is 8.00. The minimum Gasteiger partial charge on any atom is -0.493 e. The molecular formula is C32H30FN3O8S2. The Hall–Kier alpha value is -4.17. The van der Waals surface area contributed by atoms with E-state index in [1.54, 1.807) is 17.8 Å². The largest absolute Gasteiger partial charge is 0.493 e. The highest BCUT2D eigenvalue weighted by Crippen LogP contribution is 2.68. The minimum atomic E-state index is -0.968. The summed E-state index contributed by atoms with van der Waals surface area (Å²) in [6.07, 6.45) is 0.832. The highest BCUT2D eigenvalue weighted by atomic mass is 32.2. The van der Waals surface area contributed by atoms with Gasteiger partial charge in [0.2, 0.25) is 11.8 Å². The number of anilines is 1. The number of carboxylic acid groups (broad SMARTS) is 1. The number of rotatable bonds is 10. The predicted molar refractivity (Wildman–Crippen MR) is 166 cm³/mol. The van der Waals surface area contributed by atoms with Gasteiger partial charge in [-0.15, -0.1) is 11.8 Å². The number of aliphatic carboxylic acids is 1. The maximum Gasteiger partial charge on any atom is 0.305 e. The van der Waals surface area contributed by atoms with Crippen molar-refractivity contribution in [3.05, 3.63) is 68.4 Å². The number of ether oxygens (including phenoxy) is 2. The molecular weight excluding hydrogens is 637 g/mol. The van der Waals surface area contributed by atoms with Crippen molar-refractivity contribution >= 4 is 52.5 Å². The van der Waals surface area contributed by atoms with E-state index in [-0.39, 0.29) is 71.6 Å². The fourth-order valence-corrected chi connectivity index (χ4v) is 10.8. The Labute approximate surface area is 270 Å². The number of H-pyrrole nitrogens is 1. The molecule has 2 aromatic carbocycles. The van der Waals surface area contributed by atoms with Crippen molar-refractivity contribution in [2.24, 2.45) is 29.6 Å². The number of imide groups is 1. The quantitative estimate of drug-likeness (QED) is 0.273. The lowest BCUT2D eigenvalue weighted by Crippen LogP contribution is -2.42. The first-order valence-electron chi connectivity index (χ1n) is 15.0. The normalized spacial score (nSPS) is 27.3. The van der Waals surface area contributed by atoms with Crippen LogP contribution in [-0.2, 0) is 19.2 Å². The van der Waals surface area contributed by atoms with E-state index < -0.39 is 29.5 Å². The van der Waals surface area contributed by atoms with Crippen LogP contribution < -0.4 is 19.7 Å². The van der Waals surface area contributed by atoms with Crippen LogP contribution in [0.4, 0.5) is 10.1 Å². The number of thioether (sulfide) groups is 1. The lowest BCUT2D eigenvalue weighted by molar-refractivity contribution is -0.142. The molecule has 6 unspecified atom stereocenters. The summed E-state index contributed by atoms with van der Waals surface area (Å²) in [6.45, 7) is -0.211. The van der Waals surface area contributed by atoms with Crippen LogP contribution in [0.2, 0.25) is 0 Å². The zero-order valence-corrected chi connectivity index (χ0v) is 26.2. The average Bonchev–Trinajstić information content (AvgIpc) is 3.76. The Morgan fingerprint density at radius 2 is 1.80 bits per heavy atom. The summed E-state index contributed by atoms with van der Waals surface area (Å²) in [5, 5.41) is 12.5. The lowest BCUT2D eigenvalue weighted by Gasteiger charge is -2.43. The van der Waals surface area contributed by atoms with Gasteiger partial charge >= 0.3 is 10.8 Å². The number of aromatic nitrogens is 1. The van der Waals surface area contributed by atoms with Gasteiger partial charge in [-0.05, 0) is 72.6 Å². The molecule has 7 atom stereocenters. The van der Waals surface area contributed by atoms with Crippen molar-refractivity contribution in [3.8, 4) is 11.5 Å². The molecule has 2 bridgehead atoms. The topological polar surface area (TPSA) is 155 Å². The van der Waals surface area contributed by atoms with Crippen molar-refractivity contribution in [2.45, 2.75) is 35.5 Å². The van der Waals surface area contributed by atoms with E-state index >= 15 is 0 Å². The molecule has 0 radical (unpaired) electrons. The third kappa shape index (κ3) is 5.16. The first kappa shape index (κ1) is 30.5. The summed E-state index contributed by atoms with van der Waals surface area (Å²) in [5.41, 5.74) is 1.30. The van der Waals surface area contributed by atoms with Gasteiger partial charge in [-0.3, -0.25) is 28.9 Å². The van der Waals surface area contributed by atoms with Gasteiger partial charge in [-0.25, -0.2) is 4.39 Å². The summed E-state index contributed by atoms with van der Waals surface area (Å²) < 4.78 is 24.6. The van der Waals surface area contributed by atoms with Crippen LogP contribution in [0.1, 0.15) is 35.6 Å². The summed E-state index contributed by atoms with van der Waals surface area (Å²) >= 11 is 2.73. The molecule has 11 nitrogen and oxygen atoms in total. The maximum absolute atomic E-state index is 13.6. The van der Waals surface area contributed by atoms with Gasteiger partial charge < -0.3 is 24.9 Å². The molecule has 7 rings (SSSR count). The first-order valence-corrected chi connectivity index (χ1v) is 16.7. The highest BCUT2D eigenvalue weighted by Gasteiger charge is 2.69. The van der Waals surface area contributed by atoms with Crippen LogP contribution in [0.3, 0.4) is 0 Å². The number of carbonyl (C=O) groups excluding carboxylic acids is 3. The Morgan fingerprint density at radius 3 is 2.52 bits per heavy atom. The standard InChI is InChI=1S/C32H30FN3O8S2/c1-43-20-11-14(4-9-19(20)44-13-21(37)34-16-7-5-15(33)6-8-16)23-24-17-12-18(27(24)45-29-28(23)46-32(42)35-29)26-25(17)30(40)36(31(26)41)10-2-3-22(38)39/h4-9,11,17-18,23-27H,2-3,10,12-13H2,1H3,(H,34,37)(H,35,42)(H,38,39)/t17?,18?,23-,24?,25?,26?,27?/m1/s1. The molecule has 4 aliphatic rings. The number of nitrogens with one attached hydrogen (secondary N) is 2. The molecule has 3 N–H and O–H groups in total. The fourth-order valence-electron chi connectivity index (χ4n) is 7.93. The van der Waals surface area contributed by atoms with Gasteiger partial charge in [-0.2, -0.15) is 0 Å². The Bertz CT molecular complexity index is 1790. The lowest BCUT2D eigenvalue weighted by atomic mass is 9.68. The van der Waals surface area contributed by atoms with E-state index in [1.807, 2.05) is 12.1 Å². The molecule has 3 amide bonds. The van der Waals surface area contributed by atoms with E-state index in [9.17, 15) is 28.4 Å². The number of benzene rings is 2. The number of carbonyl (C=O) groups is 4. The molecule has 3 aromatic rings. The number of nitrogens with zero attached hydrogens (tertiary/aromatic N) is 1. The Kier molecular flexibility index (Phi) is 7.87. The number of carboxylic acids is 1. The third-order valence-corrected chi connectivity index (χ3v) is 12.2. The van der Waals surface area contributed by atoms with E-state index in [2.05, 4.69) is 10.3 Å². The third-order valence-electron chi connectivity index (χ3n) is 9.62. The van der Waals surface area contributed by atoms with Crippen molar-refractivity contribution in [2.75, 3.05) is 25.6 Å². The minimum absolute atomic E-state index is 0.00167. The summed E-state index contributed by atoms with van der Waals surface area (Å²) in [6, 6.07) is 10.8. The number of aromatic amines is 1. The molecule has 2 aliphatic carbocycles. The predicted octanol–water partition coefficient (Wildman–Crippen LogP) is 3.94. The molecule has 0 spiro atoms. The zero-order valence-electron chi connectivity index (χ0n) is 24.6. The van der Waals surface area contributed by atoms with Crippen LogP contribution in [0.25, 0.3) is 0 Å². The molecule has 3 fully saturated rings. The average molecular weight is 668 g/mol. The number of fused-ring (bicyclic) bond motifs is 9. The monoisotopic (exact) mass is 667 g/mol. The van der Waals surface area contributed by atoms with Crippen LogP contribution in [0.5, 0.6) is 11.5 Å². The molecule has 240 valence electrons. The number of amides is 3. The van der Waals surface area contributed by atoms with Crippen LogP contribution in [-0.4, -0.2) is 64.2 Å². The summed E-state index contributed by atoms with van der Waals surface area (Å²) in [7, 11) is 1.49. The molecule has 3 heterocycles. The Morgan fingerprint density at radius 1 is 1.07 bits per heavy atom. The first-order chi connectivity index (χ1) is 22.1. The molecule has 1 aromatic heterocycles. The van der Waals surface area contributed by atoms with Gasteiger partial charge in [-0.1, -0.05) is 17.4 Å². The van der Waals surface area contributed by atoms with Gasteiger partial charge in [0.05, 0.1) is 24.0 Å². The van der Waals surface area contributed by atoms with E-state index in [0.29, 0.717) is 17.2 Å². The van der Waals surface area contributed by atoms with Crippen molar-refractivity contribution in [1.29, 1.82) is 0 Å². The fraction of sp³-hybridized carbons (Fsp3) is 0.406. The second kappa shape index (κ2) is 11.9. The second-order valence-corrected chi connectivity index (χ2v) is 14.2. The molecule has 2 aliphatic heterocycles.